The van der Waals surface area contributed by atoms with E-state index in [-0.39, 0.29) is 55.9 Å². The SMILES string of the molecule is CN(Cc1cc2ccccc2n1CCC(=O)NCCNC(=O)[C@H](O)[C@H](O[Si](C)(C)C(C)(C)C)C(=O)NCCC(=O)O)N(C)C(=O)OCC1c2ccccc2-c2ccccc21. The molecule has 0 fully saturated rings. The topological polar surface area (TPSA) is 192 Å². The van der Waals surface area contributed by atoms with Crippen LogP contribution >= 0.6 is 0 Å². The van der Waals surface area contributed by atoms with Crippen molar-refractivity contribution in [1.82, 2.24) is 30.5 Å². The van der Waals surface area contributed by atoms with Gasteiger partial charge in [-0.1, -0.05) is 87.5 Å². The van der Waals surface area contributed by atoms with Crippen LogP contribution in [0.25, 0.3) is 22.0 Å². The summed E-state index contributed by atoms with van der Waals surface area (Å²) in [5.41, 5.74) is 6.39. The number of aliphatic hydroxyl groups excluding tert-OH is 1. The third kappa shape index (κ3) is 11.0. The van der Waals surface area contributed by atoms with Gasteiger partial charge < -0.3 is 39.9 Å². The van der Waals surface area contributed by atoms with Crippen molar-refractivity contribution in [3.05, 3.63) is 95.7 Å². The average molecular weight is 843 g/mol. The van der Waals surface area contributed by atoms with Crippen LogP contribution in [0.2, 0.25) is 18.1 Å². The predicted octanol–water partition coefficient (Wildman–Crippen LogP) is 4.83. The normalized spacial score (nSPS) is 13.6. The van der Waals surface area contributed by atoms with Crippen molar-refractivity contribution in [3.8, 4) is 11.1 Å². The van der Waals surface area contributed by atoms with E-state index in [0.717, 1.165) is 38.9 Å². The van der Waals surface area contributed by atoms with Crippen LogP contribution in [0.3, 0.4) is 0 Å². The van der Waals surface area contributed by atoms with E-state index in [2.05, 4.69) is 40.2 Å². The number of ether oxygens (including phenoxy) is 1. The van der Waals surface area contributed by atoms with Gasteiger partial charge in [0.15, 0.2) is 20.5 Å². The number of nitrogens with one attached hydrogen (secondary N) is 3. The van der Waals surface area contributed by atoms with Gasteiger partial charge in [0.2, 0.25) is 5.91 Å². The van der Waals surface area contributed by atoms with Gasteiger partial charge in [0.25, 0.3) is 11.8 Å². The van der Waals surface area contributed by atoms with Crippen molar-refractivity contribution in [2.75, 3.05) is 40.3 Å². The Hall–Kier alpha value is -5.55. The molecule has 3 aromatic carbocycles. The maximum atomic E-state index is 13.4. The second kappa shape index (κ2) is 19.7. The minimum atomic E-state index is -2.66. The molecule has 1 aliphatic carbocycles. The van der Waals surface area contributed by atoms with E-state index >= 15 is 0 Å². The molecule has 0 aliphatic heterocycles. The Balaban J connectivity index is 1.13. The molecule has 16 heteroatoms. The van der Waals surface area contributed by atoms with Crippen LogP contribution in [0.5, 0.6) is 0 Å². The molecule has 15 nitrogen and oxygen atoms in total. The average Bonchev–Trinajstić information content (AvgIpc) is 3.72. The Bertz CT molecular complexity index is 2140. The summed E-state index contributed by atoms with van der Waals surface area (Å²) in [6.45, 7) is 10.3. The van der Waals surface area contributed by atoms with Crippen LogP contribution in [-0.2, 0) is 41.4 Å². The minimum Gasteiger partial charge on any atom is -0.481 e. The van der Waals surface area contributed by atoms with Gasteiger partial charge in [0, 0.05) is 63.8 Å². The van der Waals surface area contributed by atoms with Gasteiger partial charge in [-0.15, -0.1) is 0 Å². The zero-order valence-electron chi connectivity index (χ0n) is 35.5. The monoisotopic (exact) mass is 842 g/mol. The lowest BCUT2D eigenvalue weighted by molar-refractivity contribution is -0.145. The first kappa shape index (κ1) is 45.5. The minimum absolute atomic E-state index is 0.0280. The summed E-state index contributed by atoms with van der Waals surface area (Å²) < 4.78 is 14.0. The van der Waals surface area contributed by atoms with Gasteiger partial charge in [0.1, 0.15) is 6.61 Å². The number of aryl methyl sites for hydroxylation is 1. The number of amides is 4. The van der Waals surface area contributed by atoms with Gasteiger partial charge in [0.05, 0.1) is 13.0 Å². The predicted molar refractivity (Wildman–Crippen MR) is 230 cm³/mol. The van der Waals surface area contributed by atoms with Crippen LogP contribution in [0.1, 0.15) is 56.4 Å². The number of hydrogen-bond donors (Lipinski definition) is 5. The smallest absolute Gasteiger partial charge is 0.424 e. The lowest BCUT2D eigenvalue weighted by Crippen LogP contribution is -2.57. The number of fused-ring (bicyclic) bond motifs is 4. The number of carbonyl (C=O) groups excluding carboxylic acids is 4. The van der Waals surface area contributed by atoms with E-state index in [1.165, 1.54) is 5.01 Å². The molecule has 0 spiro atoms. The molecule has 0 radical (unpaired) electrons. The zero-order chi connectivity index (χ0) is 43.8. The van der Waals surface area contributed by atoms with Crippen LogP contribution in [-0.4, -0.2) is 115 Å². The molecule has 0 saturated carbocycles. The number of nitrogens with zero attached hydrogens (tertiary/aromatic N) is 3. The molecule has 5 N–H and O–H groups in total. The van der Waals surface area contributed by atoms with Crippen LogP contribution in [0.4, 0.5) is 4.79 Å². The summed E-state index contributed by atoms with van der Waals surface area (Å²) in [5.74, 6) is -3.09. The van der Waals surface area contributed by atoms with Crippen molar-refractivity contribution in [3.63, 3.8) is 0 Å². The molecule has 1 aromatic heterocycles. The maximum Gasteiger partial charge on any atom is 0.424 e. The molecule has 1 aliphatic rings. The van der Waals surface area contributed by atoms with Crippen molar-refractivity contribution >= 4 is 49.0 Å². The van der Waals surface area contributed by atoms with E-state index in [1.54, 1.807) is 19.1 Å². The maximum absolute atomic E-state index is 13.4. The summed E-state index contributed by atoms with van der Waals surface area (Å²) >= 11 is 0. The fourth-order valence-corrected chi connectivity index (χ4v) is 8.13. The highest BCUT2D eigenvalue weighted by Gasteiger charge is 2.44. The van der Waals surface area contributed by atoms with E-state index in [0.29, 0.717) is 13.1 Å². The fraction of sp³-hybridized carbons (Fsp3) is 0.432. The van der Waals surface area contributed by atoms with Crippen molar-refractivity contribution in [2.24, 2.45) is 0 Å². The van der Waals surface area contributed by atoms with E-state index < -0.39 is 44.4 Å². The largest absolute Gasteiger partial charge is 0.481 e. The molecule has 60 heavy (non-hydrogen) atoms. The molecule has 4 amide bonds. The molecule has 0 saturated heterocycles. The summed E-state index contributed by atoms with van der Waals surface area (Å²) in [6, 6.07) is 26.2. The second-order valence-corrected chi connectivity index (χ2v) is 21.3. The fourth-order valence-electron chi connectivity index (χ4n) is 6.91. The number of carbonyl (C=O) groups is 5. The highest BCUT2D eigenvalue weighted by molar-refractivity contribution is 6.74. The number of aliphatic hydroxyl groups is 1. The molecule has 0 unspecified atom stereocenters. The van der Waals surface area contributed by atoms with Crippen LogP contribution < -0.4 is 16.0 Å². The zero-order valence-corrected chi connectivity index (χ0v) is 36.5. The third-order valence-electron chi connectivity index (χ3n) is 11.4. The van der Waals surface area contributed by atoms with Gasteiger partial charge in [-0.3, -0.25) is 19.2 Å². The number of hydrogen-bond acceptors (Lipinski definition) is 9. The Kier molecular flexibility index (Phi) is 14.9. The lowest BCUT2D eigenvalue weighted by Gasteiger charge is -2.39. The first-order chi connectivity index (χ1) is 28.4. The van der Waals surface area contributed by atoms with Crippen molar-refractivity contribution in [2.45, 2.75) is 83.0 Å². The third-order valence-corrected chi connectivity index (χ3v) is 15.8. The molecule has 0 bridgehead atoms. The summed E-state index contributed by atoms with van der Waals surface area (Å²) in [4.78, 5) is 63.4. The van der Waals surface area contributed by atoms with E-state index in [1.807, 2.05) is 93.0 Å². The van der Waals surface area contributed by atoms with Gasteiger partial charge in [-0.25, -0.2) is 14.8 Å². The number of rotatable bonds is 19. The molecule has 1 heterocycles. The Morgan fingerprint density at radius 2 is 1.40 bits per heavy atom. The summed E-state index contributed by atoms with van der Waals surface area (Å²) in [7, 11) is 0.806. The molecule has 4 aromatic rings. The number of carboxylic acid groups (broad SMARTS) is 1. The quantitative estimate of drug-likeness (QED) is 0.0497. The van der Waals surface area contributed by atoms with Crippen LogP contribution in [0, 0.1) is 0 Å². The highest BCUT2D eigenvalue weighted by atomic mass is 28.4. The van der Waals surface area contributed by atoms with Crippen LogP contribution in [0.15, 0.2) is 78.9 Å². The van der Waals surface area contributed by atoms with Gasteiger partial charge in [-0.2, -0.15) is 0 Å². The molecular weight excluding hydrogens is 785 g/mol. The Morgan fingerprint density at radius 3 is 2.03 bits per heavy atom. The first-order valence-corrected chi connectivity index (χ1v) is 23.1. The van der Waals surface area contributed by atoms with E-state index in [4.69, 9.17) is 14.3 Å². The van der Waals surface area contributed by atoms with Gasteiger partial charge >= 0.3 is 12.1 Å². The number of aromatic nitrogens is 1. The summed E-state index contributed by atoms with van der Waals surface area (Å²) in [5, 5.41) is 31.5. The molecule has 2 atom stereocenters. The number of benzene rings is 3. The van der Waals surface area contributed by atoms with Crippen molar-refractivity contribution < 1.29 is 43.3 Å². The number of carboxylic acids is 1. The highest BCUT2D eigenvalue weighted by Crippen LogP contribution is 2.44. The Labute approximate surface area is 352 Å². The first-order valence-electron chi connectivity index (χ1n) is 20.2. The number of para-hydroxylation sites is 1. The number of aliphatic carboxylic acids is 1. The number of hydrazine groups is 1. The standard InChI is InChI=1S/C44H58N6O9Si/c1-44(2,3)60(6,7)59-40(42(56)46-22-20-38(52)53)39(54)41(55)47-24-23-45-37(51)21-25-50-30(26-29-14-8-13-19-36(29)50)27-48(4)49(5)43(57)58-28-35-33-17-11-9-15-31(33)32-16-10-12-18-34(32)35/h8-19,26,35,39-40,54H,20-25,27-28H2,1-7H3,(H,45,51)(H,46,56)(H,47,55)(H,52,53)/t39-,40+/m1/s1. The molecule has 322 valence electrons. The Morgan fingerprint density at radius 1 is 0.817 bits per heavy atom. The van der Waals surface area contributed by atoms with E-state index in [9.17, 15) is 29.1 Å². The summed E-state index contributed by atoms with van der Waals surface area (Å²) in [6.07, 6.45) is -4.13. The lowest BCUT2D eigenvalue weighted by atomic mass is 9.98. The van der Waals surface area contributed by atoms with Crippen molar-refractivity contribution in [1.29, 1.82) is 0 Å². The molecule has 5 rings (SSSR count). The second-order valence-electron chi connectivity index (χ2n) is 16.6. The molecular formula is C44H58N6O9Si. The van der Waals surface area contributed by atoms with Gasteiger partial charge in [-0.05, 0) is 57.9 Å².